The Labute approximate surface area is 139 Å². The highest BCUT2D eigenvalue weighted by molar-refractivity contribution is 8.00. The lowest BCUT2D eigenvalue weighted by atomic mass is 10.3. The zero-order valence-electron chi connectivity index (χ0n) is 11.6. The summed E-state index contributed by atoms with van der Waals surface area (Å²) in [5, 5.41) is 2.90. The van der Waals surface area contributed by atoms with Gasteiger partial charge in [-0.25, -0.2) is 0 Å². The number of anilines is 1. The first-order chi connectivity index (χ1) is 10.8. The monoisotopic (exact) mass is 361 g/mol. The topological polar surface area (TPSA) is 38.3 Å². The molecule has 0 aliphatic heterocycles. The van der Waals surface area contributed by atoms with Crippen LogP contribution in [0.2, 0.25) is 5.02 Å². The fourth-order valence-corrected chi connectivity index (χ4v) is 2.71. The van der Waals surface area contributed by atoms with E-state index in [1.807, 2.05) is 0 Å². The number of amides is 1. The van der Waals surface area contributed by atoms with Crippen molar-refractivity contribution in [2.45, 2.75) is 11.3 Å². The van der Waals surface area contributed by atoms with E-state index < -0.39 is 18.0 Å². The molecule has 0 unspecified atom stereocenters. The number of para-hydroxylation sites is 2. The van der Waals surface area contributed by atoms with Gasteiger partial charge in [0.2, 0.25) is 5.91 Å². The van der Waals surface area contributed by atoms with E-state index in [1.54, 1.807) is 24.3 Å². The van der Waals surface area contributed by atoms with Crippen LogP contribution in [0.1, 0.15) is 0 Å². The molecule has 2 aromatic carbocycles. The quantitative estimate of drug-likeness (QED) is 0.764. The van der Waals surface area contributed by atoms with Crippen molar-refractivity contribution in [3.05, 3.63) is 53.6 Å². The van der Waals surface area contributed by atoms with Gasteiger partial charge in [-0.2, -0.15) is 0 Å². The summed E-state index contributed by atoms with van der Waals surface area (Å²) in [4.78, 5) is 12.6. The van der Waals surface area contributed by atoms with Crippen LogP contribution in [-0.4, -0.2) is 18.0 Å². The third-order valence-corrected chi connectivity index (χ3v) is 4.10. The van der Waals surface area contributed by atoms with Crippen molar-refractivity contribution < 1.29 is 22.7 Å². The van der Waals surface area contributed by atoms with Crippen molar-refractivity contribution in [1.82, 2.24) is 0 Å². The van der Waals surface area contributed by atoms with E-state index in [4.69, 9.17) is 11.6 Å². The van der Waals surface area contributed by atoms with E-state index in [0.29, 0.717) is 9.92 Å². The Bertz CT molecular complexity index is 694. The molecule has 0 aliphatic carbocycles. The second-order valence-electron chi connectivity index (χ2n) is 4.31. The van der Waals surface area contributed by atoms with Gasteiger partial charge in [0.15, 0.2) is 5.75 Å². The number of benzene rings is 2. The number of hydrogen-bond acceptors (Lipinski definition) is 3. The number of nitrogens with one attached hydrogen (secondary N) is 1. The summed E-state index contributed by atoms with van der Waals surface area (Å²) in [5.41, 5.74) is -0.0467. The lowest BCUT2D eigenvalue weighted by Gasteiger charge is -2.13. The Morgan fingerprint density at radius 3 is 2.48 bits per heavy atom. The summed E-state index contributed by atoms with van der Waals surface area (Å²) in [6, 6.07) is 12.3. The van der Waals surface area contributed by atoms with E-state index >= 15 is 0 Å². The highest BCUT2D eigenvalue weighted by atomic mass is 35.5. The van der Waals surface area contributed by atoms with E-state index in [9.17, 15) is 18.0 Å². The fourth-order valence-electron chi connectivity index (χ4n) is 1.67. The predicted molar refractivity (Wildman–Crippen MR) is 83.9 cm³/mol. The Morgan fingerprint density at radius 2 is 1.78 bits per heavy atom. The molecule has 23 heavy (non-hydrogen) atoms. The van der Waals surface area contributed by atoms with E-state index in [1.165, 1.54) is 30.0 Å². The SMILES string of the molecule is O=C(CSc1ccccc1Cl)Nc1ccccc1OC(F)(F)F. The molecular formula is C15H11ClF3NO2S. The first-order valence-corrected chi connectivity index (χ1v) is 7.73. The molecule has 0 fully saturated rings. The molecule has 0 radical (unpaired) electrons. The lowest BCUT2D eigenvalue weighted by molar-refractivity contribution is -0.274. The Kier molecular flexibility index (Phi) is 5.79. The van der Waals surface area contributed by atoms with Gasteiger partial charge in [0.1, 0.15) is 0 Å². The summed E-state index contributed by atoms with van der Waals surface area (Å²) in [7, 11) is 0. The number of halogens is 4. The van der Waals surface area contributed by atoms with Crippen molar-refractivity contribution in [2.75, 3.05) is 11.1 Å². The minimum absolute atomic E-state index is 0.00405. The highest BCUT2D eigenvalue weighted by Gasteiger charge is 2.32. The van der Waals surface area contributed by atoms with Crippen molar-refractivity contribution >= 4 is 35.0 Å². The van der Waals surface area contributed by atoms with Crippen molar-refractivity contribution in [2.24, 2.45) is 0 Å². The summed E-state index contributed by atoms with van der Waals surface area (Å²) < 4.78 is 40.8. The van der Waals surface area contributed by atoms with E-state index in [0.717, 1.165) is 6.07 Å². The molecule has 1 N–H and O–H groups in total. The smallest absolute Gasteiger partial charge is 0.404 e. The van der Waals surface area contributed by atoms with Gasteiger partial charge in [0.05, 0.1) is 16.5 Å². The van der Waals surface area contributed by atoms with Gasteiger partial charge in [-0.15, -0.1) is 24.9 Å². The molecule has 0 aliphatic rings. The minimum atomic E-state index is -4.83. The molecule has 122 valence electrons. The van der Waals surface area contributed by atoms with E-state index in [2.05, 4.69) is 10.1 Å². The molecular weight excluding hydrogens is 351 g/mol. The molecule has 0 aromatic heterocycles. The van der Waals surface area contributed by atoms with Gasteiger partial charge in [-0.3, -0.25) is 4.79 Å². The second-order valence-corrected chi connectivity index (χ2v) is 5.74. The Balaban J connectivity index is 1.99. The van der Waals surface area contributed by atoms with Crippen LogP contribution in [0, 0.1) is 0 Å². The van der Waals surface area contributed by atoms with Crippen LogP contribution in [-0.2, 0) is 4.79 Å². The number of alkyl halides is 3. The van der Waals surface area contributed by atoms with Gasteiger partial charge in [-0.05, 0) is 24.3 Å². The lowest BCUT2D eigenvalue weighted by Crippen LogP contribution is -2.20. The first-order valence-electron chi connectivity index (χ1n) is 6.37. The molecule has 0 spiro atoms. The molecule has 0 saturated heterocycles. The van der Waals surface area contributed by atoms with Crippen LogP contribution in [0.5, 0.6) is 5.75 Å². The van der Waals surface area contributed by atoms with Crippen molar-refractivity contribution in [3.63, 3.8) is 0 Å². The minimum Gasteiger partial charge on any atom is -0.404 e. The summed E-state index contributed by atoms with van der Waals surface area (Å²) >= 11 is 7.15. The van der Waals surface area contributed by atoms with Crippen molar-refractivity contribution in [3.8, 4) is 5.75 Å². The van der Waals surface area contributed by atoms with Gasteiger partial charge in [-0.1, -0.05) is 35.9 Å². The summed E-state index contributed by atoms with van der Waals surface area (Å²) in [6.45, 7) is 0. The maximum atomic E-state index is 12.3. The molecule has 8 heteroatoms. The molecule has 2 aromatic rings. The predicted octanol–water partition coefficient (Wildman–Crippen LogP) is 4.97. The summed E-state index contributed by atoms with van der Waals surface area (Å²) in [5.74, 6) is -0.923. The number of carbonyl (C=O) groups excluding carboxylic acids is 1. The van der Waals surface area contributed by atoms with Crippen LogP contribution in [0.4, 0.5) is 18.9 Å². The standard InChI is InChI=1S/C15H11ClF3NO2S/c16-10-5-1-4-8-13(10)23-9-14(21)20-11-6-2-3-7-12(11)22-15(17,18)19/h1-8H,9H2,(H,20,21). The zero-order valence-corrected chi connectivity index (χ0v) is 13.1. The highest BCUT2D eigenvalue weighted by Crippen LogP contribution is 2.31. The molecule has 0 bridgehead atoms. The number of rotatable bonds is 5. The molecule has 3 nitrogen and oxygen atoms in total. The molecule has 0 saturated carbocycles. The average Bonchev–Trinajstić information content (AvgIpc) is 2.47. The van der Waals surface area contributed by atoms with Crippen molar-refractivity contribution in [1.29, 1.82) is 0 Å². The van der Waals surface area contributed by atoms with Gasteiger partial charge < -0.3 is 10.1 Å². The molecule has 0 atom stereocenters. The number of thioether (sulfide) groups is 1. The largest absolute Gasteiger partial charge is 0.573 e. The normalized spacial score (nSPS) is 11.1. The number of hydrogen-bond donors (Lipinski definition) is 1. The maximum Gasteiger partial charge on any atom is 0.573 e. The van der Waals surface area contributed by atoms with Gasteiger partial charge >= 0.3 is 6.36 Å². The van der Waals surface area contributed by atoms with E-state index in [-0.39, 0.29) is 11.4 Å². The molecule has 1 amide bonds. The third kappa shape index (κ3) is 5.69. The van der Waals surface area contributed by atoms with Crippen LogP contribution in [0.25, 0.3) is 0 Å². The zero-order chi connectivity index (χ0) is 16.9. The fraction of sp³-hybridized carbons (Fsp3) is 0.133. The average molecular weight is 362 g/mol. The van der Waals surface area contributed by atoms with Gasteiger partial charge in [0, 0.05) is 4.90 Å². The Morgan fingerprint density at radius 1 is 1.13 bits per heavy atom. The molecule has 2 rings (SSSR count). The third-order valence-electron chi connectivity index (χ3n) is 2.58. The maximum absolute atomic E-state index is 12.3. The van der Waals surface area contributed by atoms with Gasteiger partial charge in [0.25, 0.3) is 0 Å². The number of ether oxygens (including phenoxy) is 1. The van der Waals surface area contributed by atoms with Crippen LogP contribution in [0.3, 0.4) is 0 Å². The van der Waals surface area contributed by atoms with Crippen LogP contribution >= 0.6 is 23.4 Å². The first kappa shape index (κ1) is 17.5. The summed E-state index contributed by atoms with van der Waals surface area (Å²) in [6.07, 6.45) is -4.83. The van der Waals surface area contributed by atoms with Crippen LogP contribution < -0.4 is 10.1 Å². The second kappa shape index (κ2) is 7.61. The number of carbonyl (C=O) groups is 1. The van der Waals surface area contributed by atoms with Crippen LogP contribution in [0.15, 0.2) is 53.4 Å². The molecule has 0 heterocycles. The Hall–Kier alpha value is -1.86.